The van der Waals surface area contributed by atoms with Gasteiger partial charge in [-0.05, 0) is 35.3 Å². The number of hydrogen-bond donors (Lipinski definition) is 1. The summed E-state index contributed by atoms with van der Waals surface area (Å²) in [6.45, 7) is 7.91. The summed E-state index contributed by atoms with van der Waals surface area (Å²) in [6.07, 6.45) is 2.35. The SMILES string of the molecule is C=CCN(CCCC(=O)OCC)c1cc(NC(C)=O)c(N=Nc2c(Br)cc([N+](=O)[O-])cc2[N+](=O)[O-])cc1OC. The molecule has 2 aromatic carbocycles. The van der Waals surface area contributed by atoms with Gasteiger partial charge in [-0.3, -0.25) is 29.8 Å². The first kappa shape index (κ1) is 30.8. The molecular formula is C24H27BrN6O8. The van der Waals surface area contributed by atoms with E-state index >= 15 is 0 Å². The van der Waals surface area contributed by atoms with Crippen molar-refractivity contribution in [2.45, 2.75) is 26.7 Å². The maximum Gasteiger partial charge on any atom is 0.305 e. The summed E-state index contributed by atoms with van der Waals surface area (Å²) in [7, 11) is 1.43. The monoisotopic (exact) mass is 606 g/mol. The van der Waals surface area contributed by atoms with Crippen molar-refractivity contribution in [2.24, 2.45) is 10.2 Å². The van der Waals surface area contributed by atoms with Gasteiger partial charge >= 0.3 is 11.7 Å². The fourth-order valence-corrected chi connectivity index (χ4v) is 3.99. The molecule has 0 heterocycles. The van der Waals surface area contributed by atoms with Crippen molar-refractivity contribution in [1.82, 2.24) is 0 Å². The number of methoxy groups -OCH3 is 1. The number of carbonyl (C=O) groups excluding carboxylic acids is 2. The number of anilines is 2. The standard InChI is InChI=1S/C24H27BrN6O8/c1-5-9-29(10-7-8-23(33)39-6-2)20-13-18(26-15(3)32)19(14-22(20)38-4)27-28-24-17(25)11-16(30(34)35)12-21(24)31(36)37/h5,11-14H,1,6-10H2,2-4H3,(H,26,32). The number of hydrogen-bond acceptors (Lipinski definition) is 11. The molecule has 0 saturated heterocycles. The zero-order chi connectivity index (χ0) is 29.1. The topological polar surface area (TPSA) is 179 Å². The molecule has 0 aliphatic heterocycles. The molecule has 39 heavy (non-hydrogen) atoms. The molecule has 0 aliphatic carbocycles. The number of nitrogens with one attached hydrogen (secondary N) is 1. The van der Waals surface area contributed by atoms with E-state index in [0.29, 0.717) is 37.6 Å². The molecule has 0 bridgehead atoms. The van der Waals surface area contributed by atoms with Crippen LogP contribution in [0.4, 0.5) is 34.1 Å². The highest BCUT2D eigenvalue weighted by atomic mass is 79.9. The number of ether oxygens (including phenoxy) is 2. The highest BCUT2D eigenvalue weighted by molar-refractivity contribution is 9.10. The Morgan fingerprint density at radius 3 is 2.46 bits per heavy atom. The van der Waals surface area contributed by atoms with Crippen molar-refractivity contribution in [3.63, 3.8) is 0 Å². The minimum absolute atomic E-state index is 0.0180. The molecule has 1 amide bonds. The summed E-state index contributed by atoms with van der Waals surface area (Å²) in [5.41, 5.74) is -0.496. The number of nitro groups is 2. The first-order chi connectivity index (χ1) is 18.5. The Bertz CT molecular complexity index is 1300. The average molecular weight is 607 g/mol. The van der Waals surface area contributed by atoms with E-state index in [1.807, 2.05) is 4.90 Å². The highest BCUT2D eigenvalue weighted by Crippen LogP contribution is 2.43. The van der Waals surface area contributed by atoms with Crippen LogP contribution in [-0.4, -0.2) is 48.5 Å². The third kappa shape index (κ3) is 8.56. The molecule has 1 N–H and O–H groups in total. The highest BCUT2D eigenvalue weighted by Gasteiger charge is 2.24. The number of carbonyl (C=O) groups is 2. The van der Waals surface area contributed by atoms with E-state index in [4.69, 9.17) is 9.47 Å². The van der Waals surface area contributed by atoms with Gasteiger partial charge in [0.05, 0.1) is 45.5 Å². The molecule has 208 valence electrons. The largest absolute Gasteiger partial charge is 0.494 e. The average Bonchev–Trinajstić information content (AvgIpc) is 2.87. The number of amides is 1. The Morgan fingerprint density at radius 2 is 1.90 bits per heavy atom. The van der Waals surface area contributed by atoms with Crippen molar-refractivity contribution in [3.8, 4) is 5.75 Å². The maximum absolute atomic E-state index is 12.0. The fraction of sp³-hybridized carbons (Fsp3) is 0.333. The Morgan fingerprint density at radius 1 is 1.18 bits per heavy atom. The van der Waals surface area contributed by atoms with Crippen molar-refractivity contribution < 1.29 is 28.9 Å². The van der Waals surface area contributed by atoms with Crippen LogP contribution in [-0.2, 0) is 14.3 Å². The third-order valence-corrected chi connectivity index (χ3v) is 5.71. The molecule has 0 atom stereocenters. The number of non-ortho nitro benzene ring substituents is 1. The Labute approximate surface area is 232 Å². The summed E-state index contributed by atoms with van der Waals surface area (Å²) in [5.74, 6) is -0.389. The van der Waals surface area contributed by atoms with Crippen LogP contribution >= 0.6 is 15.9 Å². The van der Waals surface area contributed by atoms with Crippen molar-refractivity contribution >= 4 is 61.9 Å². The molecule has 0 spiro atoms. The third-order valence-electron chi connectivity index (χ3n) is 5.11. The van der Waals surface area contributed by atoms with Crippen LogP contribution in [0.5, 0.6) is 5.75 Å². The zero-order valence-electron chi connectivity index (χ0n) is 21.5. The van der Waals surface area contributed by atoms with Gasteiger partial charge < -0.3 is 19.7 Å². The van der Waals surface area contributed by atoms with E-state index < -0.39 is 27.1 Å². The van der Waals surface area contributed by atoms with E-state index in [1.54, 1.807) is 19.1 Å². The first-order valence-electron chi connectivity index (χ1n) is 11.6. The molecule has 2 aromatic rings. The van der Waals surface area contributed by atoms with E-state index in [9.17, 15) is 29.8 Å². The maximum atomic E-state index is 12.0. The van der Waals surface area contributed by atoms with Gasteiger partial charge in [-0.15, -0.1) is 16.8 Å². The van der Waals surface area contributed by atoms with Crippen molar-refractivity contribution in [2.75, 3.05) is 37.0 Å². The van der Waals surface area contributed by atoms with Gasteiger partial charge in [-0.25, -0.2) is 0 Å². The van der Waals surface area contributed by atoms with Crippen LogP contribution in [0.15, 0.2) is 51.6 Å². The van der Waals surface area contributed by atoms with E-state index in [-0.39, 0.29) is 33.9 Å². The van der Waals surface area contributed by atoms with Crippen LogP contribution in [0, 0.1) is 20.2 Å². The van der Waals surface area contributed by atoms with Gasteiger partial charge in [0.2, 0.25) is 5.91 Å². The second kappa shape index (κ2) is 14.5. The van der Waals surface area contributed by atoms with Crippen LogP contribution in [0.25, 0.3) is 0 Å². The molecule has 14 nitrogen and oxygen atoms in total. The Hall–Kier alpha value is -4.40. The van der Waals surface area contributed by atoms with Gasteiger partial charge in [0.15, 0.2) is 5.69 Å². The van der Waals surface area contributed by atoms with Gasteiger partial charge in [-0.2, -0.15) is 0 Å². The second-order valence-corrected chi connectivity index (χ2v) is 8.73. The Kier molecular flexibility index (Phi) is 11.5. The fourth-order valence-electron chi connectivity index (χ4n) is 3.47. The van der Waals surface area contributed by atoms with Crippen LogP contribution in [0.1, 0.15) is 26.7 Å². The van der Waals surface area contributed by atoms with Crippen molar-refractivity contribution in [3.05, 3.63) is 61.6 Å². The number of rotatable bonds is 14. The minimum Gasteiger partial charge on any atom is -0.494 e. The minimum atomic E-state index is -0.812. The molecule has 0 aliphatic rings. The second-order valence-electron chi connectivity index (χ2n) is 7.88. The number of nitrogens with zero attached hydrogens (tertiary/aromatic N) is 5. The van der Waals surface area contributed by atoms with Crippen LogP contribution in [0.3, 0.4) is 0 Å². The lowest BCUT2D eigenvalue weighted by Crippen LogP contribution is -2.26. The number of halogens is 1. The Balaban J connectivity index is 2.56. The smallest absolute Gasteiger partial charge is 0.305 e. The number of nitro benzene ring substituents is 2. The molecule has 2 rings (SSSR count). The van der Waals surface area contributed by atoms with E-state index in [1.165, 1.54) is 20.1 Å². The number of azo groups is 1. The predicted octanol–water partition coefficient (Wildman–Crippen LogP) is 5.98. The number of benzene rings is 2. The summed E-state index contributed by atoms with van der Waals surface area (Å²) in [6, 6.07) is 4.93. The van der Waals surface area contributed by atoms with Crippen LogP contribution in [0.2, 0.25) is 0 Å². The van der Waals surface area contributed by atoms with Gasteiger partial charge in [0, 0.05) is 38.6 Å². The quantitative estimate of drug-likeness (QED) is 0.0888. The molecule has 0 radical (unpaired) electrons. The zero-order valence-corrected chi connectivity index (χ0v) is 23.1. The molecule has 0 fully saturated rings. The van der Waals surface area contributed by atoms with Gasteiger partial charge in [0.25, 0.3) is 5.69 Å². The van der Waals surface area contributed by atoms with E-state index in [2.05, 4.69) is 38.1 Å². The number of esters is 1. The lowest BCUT2D eigenvalue weighted by atomic mass is 10.1. The predicted molar refractivity (Wildman–Crippen MR) is 147 cm³/mol. The summed E-state index contributed by atoms with van der Waals surface area (Å²) < 4.78 is 10.5. The summed E-state index contributed by atoms with van der Waals surface area (Å²) in [5, 5.41) is 33.4. The summed E-state index contributed by atoms with van der Waals surface area (Å²) in [4.78, 5) is 46.7. The van der Waals surface area contributed by atoms with Crippen molar-refractivity contribution in [1.29, 1.82) is 0 Å². The molecule has 0 saturated carbocycles. The molecule has 0 unspecified atom stereocenters. The van der Waals surface area contributed by atoms with Crippen LogP contribution < -0.4 is 15.0 Å². The van der Waals surface area contributed by atoms with Gasteiger partial charge in [0.1, 0.15) is 11.4 Å². The molecule has 15 heteroatoms. The lowest BCUT2D eigenvalue weighted by molar-refractivity contribution is -0.393. The first-order valence-corrected chi connectivity index (χ1v) is 12.4. The summed E-state index contributed by atoms with van der Waals surface area (Å²) >= 11 is 3.08. The molecule has 0 aromatic heterocycles. The van der Waals surface area contributed by atoms with E-state index in [0.717, 1.165) is 12.1 Å². The van der Waals surface area contributed by atoms with Gasteiger partial charge in [-0.1, -0.05) is 6.08 Å². The molecular weight excluding hydrogens is 580 g/mol. The normalized spacial score (nSPS) is 10.7. The lowest BCUT2D eigenvalue weighted by Gasteiger charge is -2.26.